The van der Waals surface area contributed by atoms with Gasteiger partial charge in [-0.3, -0.25) is 4.79 Å². The van der Waals surface area contributed by atoms with Crippen molar-refractivity contribution in [2.24, 2.45) is 11.0 Å². The van der Waals surface area contributed by atoms with Gasteiger partial charge < -0.3 is 0 Å². The van der Waals surface area contributed by atoms with Gasteiger partial charge >= 0.3 is 0 Å². The molecule has 0 radical (unpaired) electrons. The Bertz CT molecular complexity index is 231. The lowest BCUT2D eigenvalue weighted by Crippen LogP contribution is -2.21. The van der Waals surface area contributed by atoms with Crippen molar-refractivity contribution in [2.75, 3.05) is 6.54 Å². The molecule has 1 amide bonds. The Balaban J connectivity index is 2.00. The highest BCUT2D eigenvalue weighted by atomic mass is 16.2. The lowest BCUT2D eigenvalue weighted by atomic mass is 10.2. The molecule has 3 heteroatoms. The van der Waals surface area contributed by atoms with Crippen LogP contribution in [0.2, 0.25) is 0 Å². The summed E-state index contributed by atoms with van der Waals surface area (Å²) in [5, 5.41) is 5.95. The maximum Gasteiger partial charge on any atom is 0.248 e. The van der Waals surface area contributed by atoms with Crippen molar-refractivity contribution in [3.63, 3.8) is 0 Å². The zero-order valence-electron chi connectivity index (χ0n) is 7.42. The van der Waals surface area contributed by atoms with Crippen molar-refractivity contribution in [2.45, 2.75) is 32.6 Å². The van der Waals surface area contributed by atoms with Crippen LogP contribution >= 0.6 is 0 Å². The molecule has 0 unspecified atom stereocenters. The molecule has 1 fully saturated rings. The molecular formula is C9H14N2O. The van der Waals surface area contributed by atoms with E-state index in [4.69, 9.17) is 0 Å². The van der Waals surface area contributed by atoms with Gasteiger partial charge in [0.15, 0.2) is 0 Å². The normalized spacial score (nSPS) is 23.2. The van der Waals surface area contributed by atoms with Gasteiger partial charge in [-0.1, -0.05) is 6.92 Å². The number of hydrazone groups is 1. The molecule has 0 aromatic heterocycles. The minimum absolute atomic E-state index is 0.193. The first-order valence-electron chi connectivity index (χ1n) is 4.69. The van der Waals surface area contributed by atoms with Crippen LogP contribution in [0.15, 0.2) is 5.10 Å². The molecule has 1 saturated carbocycles. The van der Waals surface area contributed by atoms with Crippen LogP contribution in [0.5, 0.6) is 0 Å². The van der Waals surface area contributed by atoms with E-state index in [1.165, 1.54) is 12.8 Å². The molecular weight excluding hydrogens is 152 g/mol. The highest BCUT2D eigenvalue weighted by molar-refractivity contribution is 6.06. The Labute approximate surface area is 72.4 Å². The summed E-state index contributed by atoms with van der Waals surface area (Å²) in [4.78, 5) is 11.3. The fourth-order valence-electron chi connectivity index (χ4n) is 1.52. The lowest BCUT2D eigenvalue weighted by Gasteiger charge is -2.08. The van der Waals surface area contributed by atoms with Crippen LogP contribution in [0.25, 0.3) is 0 Å². The lowest BCUT2D eigenvalue weighted by molar-refractivity contribution is -0.128. The summed E-state index contributed by atoms with van der Waals surface area (Å²) in [7, 11) is 0. The number of hydrogen-bond acceptors (Lipinski definition) is 2. The third-order valence-corrected chi connectivity index (χ3v) is 2.35. The Morgan fingerprint density at radius 1 is 1.58 bits per heavy atom. The predicted molar refractivity (Wildman–Crippen MR) is 46.8 cm³/mol. The zero-order valence-corrected chi connectivity index (χ0v) is 7.42. The number of rotatable bonds is 3. The van der Waals surface area contributed by atoms with Crippen molar-refractivity contribution in [1.29, 1.82) is 0 Å². The highest BCUT2D eigenvalue weighted by Gasteiger charge is 2.34. The molecule has 66 valence electrons. The van der Waals surface area contributed by atoms with Crippen molar-refractivity contribution in [1.82, 2.24) is 5.01 Å². The van der Waals surface area contributed by atoms with E-state index in [1.807, 2.05) is 0 Å². The summed E-state index contributed by atoms with van der Waals surface area (Å²) in [5.74, 6) is 0.842. The van der Waals surface area contributed by atoms with Crippen molar-refractivity contribution in [3.05, 3.63) is 0 Å². The van der Waals surface area contributed by atoms with Gasteiger partial charge in [0.25, 0.3) is 0 Å². The van der Waals surface area contributed by atoms with E-state index in [2.05, 4.69) is 12.0 Å². The van der Waals surface area contributed by atoms with E-state index in [9.17, 15) is 4.79 Å². The maximum absolute atomic E-state index is 11.3. The molecule has 0 aromatic rings. The second kappa shape index (κ2) is 2.88. The Hall–Kier alpha value is -0.860. The standard InChI is InChI=1S/C9H14N2O/c1-2-5-11-9(12)6-8(10-11)7-3-4-7/h7H,2-6H2,1H3. The minimum Gasteiger partial charge on any atom is -0.273 e. The van der Waals surface area contributed by atoms with Gasteiger partial charge in [-0.15, -0.1) is 0 Å². The first-order chi connectivity index (χ1) is 5.81. The molecule has 2 rings (SSSR count). The van der Waals surface area contributed by atoms with E-state index in [1.54, 1.807) is 5.01 Å². The Morgan fingerprint density at radius 3 is 2.92 bits per heavy atom. The smallest absolute Gasteiger partial charge is 0.248 e. The summed E-state index contributed by atoms with van der Waals surface area (Å²) in [6.45, 7) is 2.85. The average Bonchev–Trinajstić information content (AvgIpc) is 2.80. The number of nitrogens with zero attached hydrogens (tertiary/aromatic N) is 2. The van der Waals surface area contributed by atoms with Gasteiger partial charge in [0.1, 0.15) is 0 Å². The first kappa shape index (κ1) is 7.77. The van der Waals surface area contributed by atoms with Gasteiger partial charge in [-0.05, 0) is 25.2 Å². The largest absolute Gasteiger partial charge is 0.273 e. The van der Waals surface area contributed by atoms with Gasteiger partial charge in [-0.2, -0.15) is 5.10 Å². The second-order valence-electron chi connectivity index (χ2n) is 3.56. The maximum atomic E-state index is 11.3. The molecule has 0 spiro atoms. The predicted octanol–water partition coefficient (Wildman–Crippen LogP) is 1.39. The summed E-state index contributed by atoms with van der Waals surface area (Å²) in [6, 6.07) is 0. The van der Waals surface area contributed by atoms with Crippen LogP contribution in [-0.4, -0.2) is 23.2 Å². The van der Waals surface area contributed by atoms with Crippen LogP contribution in [0.1, 0.15) is 32.6 Å². The fourth-order valence-corrected chi connectivity index (χ4v) is 1.52. The van der Waals surface area contributed by atoms with Gasteiger partial charge in [-0.25, -0.2) is 5.01 Å². The third-order valence-electron chi connectivity index (χ3n) is 2.35. The van der Waals surface area contributed by atoms with Crippen LogP contribution in [0.3, 0.4) is 0 Å². The first-order valence-corrected chi connectivity index (χ1v) is 4.69. The molecule has 2 aliphatic rings. The minimum atomic E-state index is 0.193. The van der Waals surface area contributed by atoms with Crippen molar-refractivity contribution >= 4 is 11.6 Å². The number of hydrogen-bond donors (Lipinski definition) is 0. The molecule has 0 bridgehead atoms. The zero-order chi connectivity index (χ0) is 8.55. The molecule has 3 nitrogen and oxygen atoms in total. The summed E-state index contributed by atoms with van der Waals surface area (Å²) in [6.07, 6.45) is 4.07. The SMILES string of the molecule is CCCN1N=C(C2CC2)CC1=O. The third kappa shape index (κ3) is 1.36. The van der Waals surface area contributed by atoms with E-state index in [-0.39, 0.29) is 5.91 Å². The molecule has 12 heavy (non-hydrogen) atoms. The van der Waals surface area contributed by atoms with Crippen LogP contribution in [0, 0.1) is 5.92 Å². The Kier molecular flexibility index (Phi) is 1.87. The van der Waals surface area contributed by atoms with E-state index in [0.29, 0.717) is 12.3 Å². The molecule has 1 heterocycles. The van der Waals surface area contributed by atoms with E-state index >= 15 is 0 Å². The molecule has 0 saturated heterocycles. The quantitative estimate of drug-likeness (QED) is 0.623. The second-order valence-corrected chi connectivity index (χ2v) is 3.56. The van der Waals surface area contributed by atoms with Crippen molar-refractivity contribution in [3.8, 4) is 0 Å². The molecule has 0 atom stereocenters. The van der Waals surface area contributed by atoms with Crippen LogP contribution in [-0.2, 0) is 4.79 Å². The van der Waals surface area contributed by atoms with Crippen LogP contribution in [0.4, 0.5) is 0 Å². The molecule has 1 aliphatic carbocycles. The number of carbonyl (C=O) groups is 1. The van der Waals surface area contributed by atoms with Gasteiger partial charge in [0.2, 0.25) is 5.91 Å². The number of carbonyl (C=O) groups excluding carboxylic acids is 1. The monoisotopic (exact) mass is 166 g/mol. The van der Waals surface area contributed by atoms with E-state index in [0.717, 1.165) is 18.7 Å². The van der Waals surface area contributed by atoms with Crippen LogP contribution < -0.4 is 0 Å². The summed E-state index contributed by atoms with van der Waals surface area (Å²) >= 11 is 0. The van der Waals surface area contributed by atoms with Crippen molar-refractivity contribution < 1.29 is 4.79 Å². The molecule has 1 aliphatic heterocycles. The Morgan fingerprint density at radius 2 is 2.33 bits per heavy atom. The van der Waals surface area contributed by atoms with E-state index < -0.39 is 0 Å². The summed E-state index contributed by atoms with van der Waals surface area (Å²) < 4.78 is 0. The van der Waals surface area contributed by atoms with Gasteiger partial charge in [0, 0.05) is 6.54 Å². The molecule has 0 aromatic carbocycles. The average molecular weight is 166 g/mol. The fraction of sp³-hybridized carbons (Fsp3) is 0.778. The molecule has 0 N–H and O–H groups in total. The highest BCUT2D eigenvalue weighted by Crippen LogP contribution is 2.34. The number of amides is 1. The topological polar surface area (TPSA) is 32.7 Å². The van der Waals surface area contributed by atoms with Gasteiger partial charge in [0.05, 0.1) is 12.1 Å². The summed E-state index contributed by atoms with van der Waals surface area (Å²) in [5.41, 5.74) is 1.13.